The zero-order valence-corrected chi connectivity index (χ0v) is 9.55. The van der Waals surface area contributed by atoms with Crippen LogP contribution in [0.4, 0.5) is 0 Å². The van der Waals surface area contributed by atoms with Crippen LogP contribution in [0.15, 0.2) is 24.3 Å². The number of ether oxygens (including phenoxy) is 1. The molecule has 0 amide bonds. The highest BCUT2D eigenvalue weighted by atomic mass is 16.5. The second-order valence-electron chi connectivity index (χ2n) is 3.70. The van der Waals surface area contributed by atoms with Crippen LogP contribution in [-0.2, 0) is 20.7 Å². The molecule has 17 heavy (non-hydrogen) atoms. The van der Waals surface area contributed by atoms with Crippen LogP contribution >= 0.6 is 0 Å². The Balaban J connectivity index is 2.66. The van der Waals surface area contributed by atoms with Crippen LogP contribution in [0.2, 0.25) is 0 Å². The summed E-state index contributed by atoms with van der Waals surface area (Å²) in [5, 5.41) is 8.61. The molecule has 5 nitrogen and oxygen atoms in total. The lowest BCUT2D eigenvalue weighted by molar-refractivity contribution is -0.141. The molecular formula is C12H15NO4. The molecule has 92 valence electrons. The zero-order chi connectivity index (χ0) is 12.8. The van der Waals surface area contributed by atoms with E-state index in [1.54, 1.807) is 24.3 Å². The molecule has 0 aromatic heterocycles. The van der Waals surface area contributed by atoms with E-state index in [0.29, 0.717) is 5.56 Å². The summed E-state index contributed by atoms with van der Waals surface area (Å²) in [5.41, 5.74) is 7.29. The molecule has 0 radical (unpaired) electrons. The van der Waals surface area contributed by atoms with Crippen molar-refractivity contribution in [2.24, 2.45) is 5.73 Å². The summed E-state index contributed by atoms with van der Waals surface area (Å²) in [5.74, 6) is -1.25. The summed E-state index contributed by atoms with van der Waals surface area (Å²) in [6.07, 6.45) is 0.0846. The van der Waals surface area contributed by atoms with Crippen molar-refractivity contribution in [3.8, 4) is 0 Å². The molecule has 1 unspecified atom stereocenters. The molecule has 3 N–H and O–H groups in total. The van der Waals surface area contributed by atoms with Crippen LogP contribution in [0.25, 0.3) is 0 Å². The Morgan fingerprint density at radius 1 is 1.35 bits per heavy atom. The largest absolute Gasteiger partial charge is 0.481 e. The number of esters is 1. The molecule has 0 heterocycles. The van der Waals surface area contributed by atoms with Gasteiger partial charge < -0.3 is 15.6 Å². The van der Waals surface area contributed by atoms with E-state index in [2.05, 4.69) is 4.74 Å². The van der Waals surface area contributed by atoms with Gasteiger partial charge in [0.05, 0.1) is 20.0 Å². The van der Waals surface area contributed by atoms with Gasteiger partial charge in [0.15, 0.2) is 0 Å². The standard InChI is InChI=1S/C12H15NO4/c1-17-12(16)7-10(13)9-4-2-8(3-5-9)6-11(14)15/h2-5,10H,6-7,13H2,1H3,(H,14,15). The lowest BCUT2D eigenvalue weighted by atomic mass is 10.0. The van der Waals surface area contributed by atoms with Gasteiger partial charge in [0.2, 0.25) is 0 Å². The molecule has 5 heteroatoms. The molecular weight excluding hydrogens is 222 g/mol. The predicted octanol–water partition coefficient (Wildman–Crippen LogP) is 0.877. The molecule has 0 bridgehead atoms. The summed E-state index contributed by atoms with van der Waals surface area (Å²) in [7, 11) is 1.31. The number of benzene rings is 1. The van der Waals surface area contributed by atoms with Crippen molar-refractivity contribution in [3.05, 3.63) is 35.4 Å². The van der Waals surface area contributed by atoms with Crippen molar-refractivity contribution in [3.63, 3.8) is 0 Å². The van der Waals surface area contributed by atoms with Gasteiger partial charge in [-0.2, -0.15) is 0 Å². The maximum Gasteiger partial charge on any atom is 0.307 e. The highest BCUT2D eigenvalue weighted by Crippen LogP contribution is 2.15. The van der Waals surface area contributed by atoms with Crippen molar-refractivity contribution in [1.82, 2.24) is 0 Å². The number of carbonyl (C=O) groups is 2. The molecule has 1 atom stereocenters. The van der Waals surface area contributed by atoms with Crippen molar-refractivity contribution in [1.29, 1.82) is 0 Å². The van der Waals surface area contributed by atoms with Gasteiger partial charge in [-0.3, -0.25) is 9.59 Å². The molecule has 0 saturated heterocycles. The topological polar surface area (TPSA) is 89.6 Å². The Labute approximate surface area is 99.2 Å². The van der Waals surface area contributed by atoms with Gasteiger partial charge in [0.25, 0.3) is 0 Å². The van der Waals surface area contributed by atoms with E-state index in [4.69, 9.17) is 10.8 Å². The van der Waals surface area contributed by atoms with E-state index in [-0.39, 0.29) is 18.8 Å². The SMILES string of the molecule is COC(=O)CC(N)c1ccc(CC(=O)O)cc1. The van der Waals surface area contributed by atoms with Crippen molar-refractivity contribution in [2.75, 3.05) is 7.11 Å². The molecule has 0 spiro atoms. The van der Waals surface area contributed by atoms with Gasteiger partial charge in [0, 0.05) is 6.04 Å². The average molecular weight is 237 g/mol. The zero-order valence-electron chi connectivity index (χ0n) is 9.55. The number of hydrogen-bond acceptors (Lipinski definition) is 4. The van der Waals surface area contributed by atoms with Gasteiger partial charge in [0.1, 0.15) is 0 Å². The fourth-order valence-electron chi connectivity index (χ4n) is 1.44. The van der Waals surface area contributed by atoms with Gasteiger partial charge >= 0.3 is 11.9 Å². The maximum absolute atomic E-state index is 11.0. The summed E-state index contributed by atoms with van der Waals surface area (Å²) in [6, 6.07) is 6.42. The molecule has 1 rings (SSSR count). The Hall–Kier alpha value is -1.88. The number of aliphatic carboxylic acids is 1. The van der Waals surface area contributed by atoms with Crippen LogP contribution in [0.5, 0.6) is 0 Å². The number of nitrogens with two attached hydrogens (primary N) is 1. The van der Waals surface area contributed by atoms with Crippen LogP contribution in [0.1, 0.15) is 23.6 Å². The lowest BCUT2D eigenvalue weighted by Crippen LogP contribution is -2.16. The smallest absolute Gasteiger partial charge is 0.307 e. The first-order valence-corrected chi connectivity index (χ1v) is 5.16. The molecule has 0 aliphatic heterocycles. The first kappa shape index (κ1) is 13.2. The summed E-state index contributed by atoms with van der Waals surface area (Å²) >= 11 is 0. The highest BCUT2D eigenvalue weighted by Gasteiger charge is 2.11. The van der Waals surface area contributed by atoms with E-state index in [0.717, 1.165) is 5.56 Å². The fourth-order valence-corrected chi connectivity index (χ4v) is 1.44. The highest BCUT2D eigenvalue weighted by molar-refractivity contribution is 5.71. The number of carboxylic acid groups (broad SMARTS) is 1. The normalized spacial score (nSPS) is 11.9. The average Bonchev–Trinajstić information content (AvgIpc) is 2.28. The Morgan fingerprint density at radius 2 is 1.94 bits per heavy atom. The van der Waals surface area contributed by atoms with Crippen molar-refractivity contribution in [2.45, 2.75) is 18.9 Å². The Morgan fingerprint density at radius 3 is 2.41 bits per heavy atom. The van der Waals surface area contributed by atoms with Crippen LogP contribution in [0.3, 0.4) is 0 Å². The second kappa shape index (κ2) is 6.00. The third-order valence-corrected chi connectivity index (χ3v) is 2.38. The van der Waals surface area contributed by atoms with E-state index >= 15 is 0 Å². The molecule has 0 fully saturated rings. The molecule has 1 aromatic rings. The Bertz CT molecular complexity index is 399. The van der Waals surface area contributed by atoms with Crippen LogP contribution < -0.4 is 5.73 Å². The maximum atomic E-state index is 11.0. The number of rotatable bonds is 5. The van der Waals surface area contributed by atoms with E-state index < -0.39 is 12.0 Å². The predicted molar refractivity (Wildman–Crippen MR) is 61.3 cm³/mol. The number of hydrogen-bond donors (Lipinski definition) is 2. The molecule has 0 aliphatic carbocycles. The first-order chi connectivity index (χ1) is 8.02. The number of carbonyl (C=O) groups excluding carboxylic acids is 1. The quantitative estimate of drug-likeness (QED) is 0.742. The first-order valence-electron chi connectivity index (χ1n) is 5.16. The van der Waals surface area contributed by atoms with E-state index in [1.165, 1.54) is 7.11 Å². The van der Waals surface area contributed by atoms with Crippen LogP contribution in [-0.4, -0.2) is 24.2 Å². The monoisotopic (exact) mass is 237 g/mol. The summed E-state index contributed by atoms with van der Waals surface area (Å²) in [4.78, 5) is 21.5. The second-order valence-corrected chi connectivity index (χ2v) is 3.70. The van der Waals surface area contributed by atoms with E-state index in [9.17, 15) is 9.59 Å². The van der Waals surface area contributed by atoms with E-state index in [1.807, 2.05) is 0 Å². The van der Waals surface area contributed by atoms with Crippen molar-refractivity contribution >= 4 is 11.9 Å². The molecule has 1 aromatic carbocycles. The van der Waals surface area contributed by atoms with Gasteiger partial charge in [-0.05, 0) is 11.1 Å². The minimum atomic E-state index is -0.878. The minimum Gasteiger partial charge on any atom is -0.481 e. The summed E-state index contributed by atoms with van der Waals surface area (Å²) < 4.78 is 4.52. The third-order valence-electron chi connectivity index (χ3n) is 2.38. The lowest BCUT2D eigenvalue weighted by Gasteiger charge is -2.10. The van der Waals surface area contributed by atoms with Gasteiger partial charge in [-0.15, -0.1) is 0 Å². The molecule has 0 aliphatic rings. The van der Waals surface area contributed by atoms with Crippen molar-refractivity contribution < 1.29 is 19.4 Å². The summed E-state index contributed by atoms with van der Waals surface area (Å²) in [6.45, 7) is 0. The van der Waals surface area contributed by atoms with Crippen LogP contribution in [0, 0.1) is 0 Å². The third kappa shape index (κ3) is 4.24. The number of methoxy groups -OCH3 is 1. The minimum absolute atomic E-state index is 0.0213. The van der Waals surface area contributed by atoms with Gasteiger partial charge in [-0.1, -0.05) is 24.3 Å². The molecule has 0 saturated carbocycles. The van der Waals surface area contributed by atoms with Gasteiger partial charge in [-0.25, -0.2) is 0 Å². The number of carboxylic acids is 1. The fraction of sp³-hybridized carbons (Fsp3) is 0.333. The Kier molecular flexibility index (Phi) is 4.66.